The minimum absolute atomic E-state index is 0. The Balaban J connectivity index is 0.00000609. The molecule has 12 aromatic rings. The van der Waals surface area contributed by atoms with Gasteiger partial charge >= 0.3 is 0 Å². The fourth-order valence-electron chi connectivity index (χ4n) is 11.8. The van der Waals surface area contributed by atoms with E-state index >= 15 is 0 Å². The van der Waals surface area contributed by atoms with E-state index in [9.17, 15) is 5.11 Å². The normalized spacial score (nSPS) is 12.5. The summed E-state index contributed by atoms with van der Waals surface area (Å²) < 4.78 is 9.29. The van der Waals surface area contributed by atoms with Crippen LogP contribution in [0.15, 0.2) is 192 Å². The zero-order valence-electron chi connectivity index (χ0n) is 45.3. The third-order valence-electron chi connectivity index (χ3n) is 15.9. The fraction of sp³-hybridized carbons (Fsp3) is 0.167. The van der Waals surface area contributed by atoms with Crippen LogP contribution in [0.25, 0.3) is 117 Å². The Morgan fingerprint density at radius 3 is 1.95 bits per heavy atom. The van der Waals surface area contributed by atoms with E-state index in [0.29, 0.717) is 0 Å². The van der Waals surface area contributed by atoms with Crippen molar-refractivity contribution in [2.45, 2.75) is 79.1 Å². The summed E-state index contributed by atoms with van der Waals surface area (Å²) in [5, 5.41) is 13.4. The van der Waals surface area contributed by atoms with Gasteiger partial charge in [-0.25, -0.2) is 9.97 Å². The maximum absolute atomic E-state index is 11.3. The van der Waals surface area contributed by atoms with Gasteiger partial charge in [-0.05, 0) is 145 Å². The molecule has 0 saturated heterocycles. The average Bonchev–Trinajstić information content (AvgIpc) is 4.15. The topological polar surface area (TPSA) is 64.1 Å². The van der Waals surface area contributed by atoms with E-state index in [2.05, 4.69) is 236 Å². The predicted octanol–water partition coefficient (Wildman–Crippen LogP) is 18.8. The second-order valence-electron chi connectivity index (χ2n) is 23.1. The molecule has 0 fully saturated rings. The van der Waals surface area contributed by atoms with E-state index in [1.807, 2.05) is 12.1 Å². The van der Waals surface area contributed by atoms with Gasteiger partial charge < -0.3 is 9.52 Å². The molecule has 1 N–H and O–H groups in total. The number of aromatic nitrogens is 3. The number of hydrogen-bond acceptors (Lipinski definition) is 4. The molecule has 1 aliphatic carbocycles. The van der Waals surface area contributed by atoms with Crippen molar-refractivity contribution in [1.82, 2.24) is 14.5 Å². The smallest absolute Gasteiger partial charge is 0.163 e. The van der Waals surface area contributed by atoms with Gasteiger partial charge in [0, 0.05) is 26.6 Å². The summed E-state index contributed by atoms with van der Waals surface area (Å²) in [6.45, 7) is 18.1. The molecular formula is C72H60N3O2Pt-. The molecule has 78 heavy (non-hydrogen) atoms. The molecule has 6 heteroatoms. The zero-order chi connectivity index (χ0) is 52.9. The van der Waals surface area contributed by atoms with Crippen molar-refractivity contribution < 1.29 is 30.6 Å². The monoisotopic (exact) mass is 1190 g/mol. The molecule has 3 heterocycles. The summed E-state index contributed by atoms with van der Waals surface area (Å²) >= 11 is 0. The number of para-hydroxylation sites is 3. The summed E-state index contributed by atoms with van der Waals surface area (Å²) in [6, 6.07) is 71.5. The first-order valence-corrected chi connectivity index (χ1v) is 26.9. The fourth-order valence-corrected chi connectivity index (χ4v) is 11.8. The van der Waals surface area contributed by atoms with Crippen LogP contribution >= 0.6 is 0 Å². The predicted molar refractivity (Wildman–Crippen MR) is 319 cm³/mol. The van der Waals surface area contributed by atoms with E-state index in [0.717, 1.165) is 141 Å². The van der Waals surface area contributed by atoms with E-state index in [-0.39, 0.29) is 37.6 Å². The number of imidazole rings is 1. The number of benzene rings is 9. The quantitative estimate of drug-likeness (QED) is 0.162. The van der Waals surface area contributed by atoms with Gasteiger partial charge in [-0.15, -0.1) is 17.2 Å². The number of hydrogen-bond donors (Lipinski definition) is 1. The molecule has 3 aromatic heterocycles. The van der Waals surface area contributed by atoms with Crippen molar-refractivity contribution in [3.63, 3.8) is 0 Å². The van der Waals surface area contributed by atoms with Crippen LogP contribution in [0.2, 0.25) is 0 Å². The van der Waals surface area contributed by atoms with Crippen molar-refractivity contribution in [3.05, 3.63) is 228 Å². The molecule has 0 radical (unpaired) electrons. The minimum atomic E-state index is -0.128. The van der Waals surface area contributed by atoms with Crippen molar-refractivity contribution in [2.75, 3.05) is 0 Å². The van der Waals surface area contributed by atoms with Crippen LogP contribution in [-0.4, -0.2) is 19.6 Å². The number of phenols is 1. The number of fused-ring (bicyclic) bond motifs is 7. The second-order valence-corrected chi connectivity index (χ2v) is 23.1. The standard InChI is InChI=1S/C72H60N3O2.Pt/c1-43-19-14-20-44(2)69(43)75-60-30-18-29-56(68(60)74-70(75)59-36-35-47-34-33-46-23-16-31-61(76)64(46)67(47)73-59)51-41-58(66-57-26-12-13-32-62(57)77-63(66)42-51)65-54(48-24-15-25-52(38-48)71(3,4)5)27-17-28-55(65)50-37-49(45-21-10-9-11-22-45)39-53(40-50)72(6,7)8;/h9-32,35-40,42,76H,33-34H2,1-8H3;/q-1;. The summed E-state index contributed by atoms with van der Waals surface area (Å²) in [5.41, 5.74) is 24.2. The van der Waals surface area contributed by atoms with E-state index in [4.69, 9.17) is 14.4 Å². The molecule has 0 atom stereocenters. The number of aryl methyl sites for hydroxylation is 4. The van der Waals surface area contributed by atoms with Crippen molar-refractivity contribution >= 4 is 33.0 Å². The van der Waals surface area contributed by atoms with Gasteiger partial charge in [0.1, 0.15) is 17.0 Å². The van der Waals surface area contributed by atoms with Gasteiger partial charge in [-0.3, -0.25) is 4.57 Å². The summed E-state index contributed by atoms with van der Waals surface area (Å²) in [6.07, 6.45) is 1.70. The zero-order valence-corrected chi connectivity index (χ0v) is 47.6. The molecule has 0 bridgehead atoms. The average molecular weight is 1190 g/mol. The molecule has 0 unspecified atom stereocenters. The van der Waals surface area contributed by atoms with E-state index in [1.165, 1.54) is 22.3 Å². The van der Waals surface area contributed by atoms with E-state index in [1.54, 1.807) is 6.07 Å². The Morgan fingerprint density at radius 2 is 1.17 bits per heavy atom. The number of aromatic hydroxyl groups is 1. The molecule has 9 aromatic carbocycles. The number of rotatable bonds is 7. The molecule has 0 spiro atoms. The van der Waals surface area contributed by atoms with Crippen LogP contribution in [0.4, 0.5) is 0 Å². The van der Waals surface area contributed by atoms with Crippen LogP contribution in [0.1, 0.15) is 74.9 Å². The van der Waals surface area contributed by atoms with Crippen LogP contribution < -0.4 is 0 Å². The number of pyridine rings is 1. The molecular weight excluding hydrogens is 1130 g/mol. The molecule has 0 amide bonds. The number of nitrogens with zero attached hydrogens (tertiary/aromatic N) is 3. The summed E-state index contributed by atoms with van der Waals surface area (Å²) in [4.78, 5) is 11.1. The first kappa shape index (κ1) is 50.7. The molecule has 0 aliphatic heterocycles. The van der Waals surface area contributed by atoms with Crippen molar-refractivity contribution in [1.29, 1.82) is 0 Å². The Morgan fingerprint density at radius 1 is 0.526 bits per heavy atom. The molecule has 386 valence electrons. The Labute approximate surface area is 471 Å². The van der Waals surface area contributed by atoms with E-state index < -0.39 is 0 Å². The Hall–Kier alpha value is -8.11. The van der Waals surface area contributed by atoms with Gasteiger partial charge in [0.25, 0.3) is 0 Å². The largest absolute Gasteiger partial charge is 0.507 e. The van der Waals surface area contributed by atoms with Crippen molar-refractivity contribution in [3.8, 4) is 89.8 Å². The Kier molecular flexibility index (Phi) is 12.6. The van der Waals surface area contributed by atoms with Crippen LogP contribution in [-0.2, 0) is 44.7 Å². The van der Waals surface area contributed by atoms with Gasteiger partial charge in [0.15, 0.2) is 5.82 Å². The molecule has 1 aliphatic rings. The molecule has 13 rings (SSSR count). The summed E-state index contributed by atoms with van der Waals surface area (Å²) in [5.74, 6) is 0.968. The minimum Gasteiger partial charge on any atom is -0.507 e. The van der Waals surface area contributed by atoms with Crippen LogP contribution in [0.5, 0.6) is 5.75 Å². The number of phenolic OH excluding ortho intramolecular Hbond substituents is 1. The third kappa shape index (κ3) is 8.70. The van der Waals surface area contributed by atoms with Gasteiger partial charge in [-0.2, -0.15) is 0 Å². The molecule has 5 nitrogen and oxygen atoms in total. The first-order chi connectivity index (χ1) is 37.2. The van der Waals surface area contributed by atoms with Gasteiger partial charge in [0.2, 0.25) is 0 Å². The summed E-state index contributed by atoms with van der Waals surface area (Å²) in [7, 11) is 0. The second kappa shape index (κ2) is 19.4. The number of furan rings is 1. The van der Waals surface area contributed by atoms with Crippen molar-refractivity contribution in [2.24, 2.45) is 0 Å². The van der Waals surface area contributed by atoms with Gasteiger partial charge in [0.05, 0.1) is 28.0 Å². The van der Waals surface area contributed by atoms with Crippen LogP contribution in [0, 0.1) is 19.9 Å². The maximum Gasteiger partial charge on any atom is 0.163 e. The first-order valence-electron chi connectivity index (χ1n) is 26.9. The third-order valence-corrected chi connectivity index (χ3v) is 15.9. The molecule has 0 saturated carbocycles. The van der Waals surface area contributed by atoms with Gasteiger partial charge in [-0.1, -0.05) is 210 Å². The maximum atomic E-state index is 11.3. The van der Waals surface area contributed by atoms with Crippen LogP contribution in [0.3, 0.4) is 0 Å². The Bertz CT molecular complexity index is 4320. The SMILES string of the molecule is Cc1cccc(C)c1-n1c(-c2ccc3c(n2)-c2c(O)cccc2CC3)nc2c(-c3[c-]c(-c4c(-c5cccc(C(C)(C)C)c5)cccc4-c4cc(-c5ccccc5)cc(C(C)(C)C)c4)c4c(c3)oc3ccccc34)cccc21.[Pt].